The van der Waals surface area contributed by atoms with E-state index < -0.39 is 0 Å². The molecule has 0 spiro atoms. The van der Waals surface area contributed by atoms with Crippen LogP contribution in [0.1, 0.15) is 79.0 Å². The molecule has 4 nitrogen and oxygen atoms in total. The quantitative estimate of drug-likeness (QED) is 0.362. The Bertz CT molecular complexity index is 881. The van der Waals surface area contributed by atoms with Gasteiger partial charge in [-0.05, 0) is 67.2 Å². The number of nitrogens with zero attached hydrogens (tertiary/aromatic N) is 2. The van der Waals surface area contributed by atoms with Gasteiger partial charge >= 0.3 is 0 Å². The topological polar surface area (TPSA) is 44.1 Å². The second-order valence-electron chi connectivity index (χ2n) is 9.96. The minimum Gasteiger partial charge on any atom is -0.488 e. The molecule has 0 saturated heterocycles. The number of aromatic nitrogens is 2. The lowest BCUT2D eigenvalue weighted by atomic mass is 9.96. The third-order valence-electron chi connectivity index (χ3n) is 5.36. The summed E-state index contributed by atoms with van der Waals surface area (Å²) in [4.78, 5) is 18.1. The average molecular weight is 427 g/mol. The van der Waals surface area contributed by atoms with E-state index >= 15 is 0 Å². The molecule has 2 heterocycles. The Morgan fingerprint density at radius 3 is 2.32 bits per heavy atom. The number of ether oxygens (including phenoxy) is 1. The van der Waals surface area contributed by atoms with Gasteiger partial charge in [0.15, 0.2) is 5.75 Å². The lowest BCUT2D eigenvalue weighted by Crippen LogP contribution is -2.26. The van der Waals surface area contributed by atoms with Crippen molar-refractivity contribution in [3.63, 3.8) is 0 Å². The normalized spacial score (nSPS) is 11.7. The molecular weight excluding hydrogens is 384 g/mol. The van der Waals surface area contributed by atoms with Crippen molar-refractivity contribution in [2.24, 2.45) is 17.8 Å². The molecule has 0 N–H and O–H groups in total. The van der Waals surface area contributed by atoms with E-state index in [4.69, 9.17) is 4.74 Å². The molecule has 172 valence electrons. The Kier molecular flexibility index (Phi) is 9.80. The summed E-state index contributed by atoms with van der Waals surface area (Å²) in [6.45, 7) is 16.7. The summed E-state index contributed by atoms with van der Waals surface area (Å²) < 4.78 is 7.93. The molecule has 0 aromatic carbocycles. The van der Waals surface area contributed by atoms with E-state index in [1.165, 1.54) is 5.56 Å². The third-order valence-corrected chi connectivity index (χ3v) is 5.36. The maximum absolute atomic E-state index is 13.5. The number of unbranched alkanes of at least 4 members (excludes halogenated alkanes) is 1. The molecule has 0 aliphatic rings. The molecule has 2 aromatic rings. The first-order valence-electron chi connectivity index (χ1n) is 12.1. The standard InChI is InChI=1S/C27H42N2O2/c1-8-9-14-31-25-18-23(15-20(4)5)26(29(27(25)30)13-11-19(2)3)22-10-12-28-24(17-22)16-21(6)7/h10,12,17-21H,8-9,11,13-16H2,1-7H3. The predicted molar refractivity (Wildman–Crippen MR) is 131 cm³/mol. The molecule has 4 heteroatoms. The van der Waals surface area contributed by atoms with Gasteiger partial charge in [-0.3, -0.25) is 9.78 Å². The molecule has 0 fully saturated rings. The van der Waals surface area contributed by atoms with Crippen LogP contribution >= 0.6 is 0 Å². The molecule has 0 unspecified atom stereocenters. The van der Waals surface area contributed by atoms with Crippen molar-refractivity contribution in [1.29, 1.82) is 0 Å². The van der Waals surface area contributed by atoms with Crippen LogP contribution in [0.25, 0.3) is 11.3 Å². The summed E-state index contributed by atoms with van der Waals surface area (Å²) in [5.74, 6) is 2.03. The average Bonchev–Trinajstić information content (AvgIpc) is 2.68. The van der Waals surface area contributed by atoms with Crippen molar-refractivity contribution in [2.75, 3.05) is 6.61 Å². The van der Waals surface area contributed by atoms with Crippen LogP contribution in [0.5, 0.6) is 5.75 Å². The second-order valence-corrected chi connectivity index (χ2v) is 9.96. The SMILES string of the molecule is CCCCOc1cc(CC(C)C)c(-c2ccnc(CC(C)C)c2)n(CCC(C)C)c1=O. The summed E-state index contributed by atoms with van der Waals surface area (Å²) in [5, 5.41) is 0. The largest absolute Gasteiger partial charge is 0.488 e. The first kappa shape index (κ1) is 25.2. The van der Waals surface area contributed by atoms with Gasteiger partial charge in [0.2, 0.25) is 0 Å². The number of hydrogen-bond acceptors (Lipinski definition) is 3. The van der Waals surface area contributed by atoms with E-state index in [-0.39, 0.29) is 5.56 Å². The van der Waals surface area contributed by atoms with Crippen molar-refractivity contribution >= 4 is 0 Å². The van der Waals surface area contributed by atoms with E-state index in [2.05, 4.69) is 59.5 Å². The Balaban J connectivity index is 2.66. The highest BCUT2D eigenvalue weighted by Crippen LogP contribution is 2.29. The number of hydrogen-bond donors (Lipinski definition) is 0. The Hall–Kier alpha value is -2.10. The van der Waals surface area contributed by atoms with E-state index in [1.54, 1.807) is 0 Å². The highest BCUT2D eigenvalue weighted by atomic mass is 16.5. The highest BCUT2D eigenvalue weighted by Gasteiger charge is 2.19. The zero-order valence-corrected chi connectivity index (χ0v) is 20.7. The Morgan fingerprint density at radius 1 is 1.00 bits per heavy atom. The van der Waals surface area contributed by atoms with Gasteiger partial charge in [-0.15, -0.1) is 0 Å². The summed E-state index contributed by atoms with van der Waals surface area (Å²) in [6.07, 6.45) is 6.68. The summed E-state index contributed by atoms with van der Waals surface area (Å²) in [5.41, 5.74) is 4.37. The summed E-state index contributed by atoms with van der Waals surface area (Å²) >= 11 is 0. The van der Waals surface area contributed by atoms with Gasteiger partial charge in [0, 0.05) is 24.0 Å². The third kappa shape index (κ3) is 7.52. The smallest absolute Gasteiger partial charge is 0.293 e. The first-order valence-corrected chi connectivity index (χ1v) is 12.1. The van der Waals surface area contributed by atoms with Crippen molar-refractivity contribution < 1.29 is 4.74 Å². The van der Waals surface area contributed by atoms with Crippen LogP contribution in [0.4, 0.5) is 0 Å². The van der Waals surface area contributed by atoms with Crippen LogP contribution in [-0.4, -0.2) is 16.2 Å². The van der Waals surface area contributed by atoms with Crippen LogP contribution in [0.3, 0.4) is 0 Å². The molecule has 0 atom stereocenters. The molecular formula is C27H42N2O2. The molecule has 31 heavy (non-hydrogen) atoms. The molecule has 0 amide bonds. The van der Waals surface area contributed by atoms with Crippen molar-refractivity contribution in [1.82, 2.24) is 9.55 Å². The molecule has 0 bridgehead atoms. The fourth-order valence-corrected chi connectivity index (χ4v) is 3.82. The minimum absolute atomic E-state index is 0.0125. The molecule has 0 aliphatic carbocycles. The van der Waals surface area contributed by atoms with Gasteiger partial charge < -0.3 is 9.30 Å². The monoisotopic (exact) mass is 426 g/mol. The maximum atomic E-state index is 13.5. The Morgan fingerprint density at radius 2 is 1.71 bits per heavy atom. The zero-order chi connectivity index (χ0) is 23.0. The number of rotatable bonds is 12. The fraction of sp³-hybridized carbons (Fsp3) is 0.630. The molecule has 0 aliphatic heterocycles. The van der Waals surface area contributed by atoms with Gasteiger partial charge in [-0.1, -0.05) is 54.9 Å². The van der Waals surface area contributed by atoms with Crippen LogP contribution in [0.15, 0.2) is 29.2 Å². The van der Waals surface area contributed by atoms with Gasteiger partial charge in [0.1, 0.15) is 0 Å². The predicted octanol–water partition coefficient (Wildman–Crippen LogP) is 6.53. The molecule has 2 aromatic heterocycles. The van der Waals surface area contributed by atoms with Crippen molar-refractivity contribution in [3.8, 4) is 17.0 Å². The molecule has 2 rings (SSSR count). The summed E-state index contributed by atoms with van der Waals surface area (Å²) in [6, 6.07) is 6.22. The van der Waals surface area contributed by atoms with Crippen LogP contribution < -0.4 is 10.3 Å². The molecule has 0 radical (unpaired) electrons. The van der Waals surface area contributed by atoms with E-state index in [0.717, 1.165) is 49.1 Å². The number of pyridine rings is 2. The first-order chi connectivity index (χ1) is 14.7. The van der Waals surface area contributed by atoms with Crippen molar-refractivity contribution in [2.45, 2.75) is 87.1 Å². The van der Waals surface area contributed by atoms with Gasteiger partial charge in [0.05, 0.1) is 12.3 Å². The van der Waals surface area contributed by atoms with Crippen LogP contribution in [-0.2, 0) is 19.4 Å². The zero-order valence-electron chi connectivity index (χ0n) is 20.7. The Labute approximate surface area is 189 Å². The minimum atomic E-state index is -0.0125. The van der Waals surface area contributed by atoms with Crippen molar-refractivity contribution in [3.05, 3.63) is 46.0 Å². The van der Waals surface area contributed by atoms with Gasteiger partial charge in [-0.2, -0.15) is 0 Å². The van der Waals surface area contributed by atoms with E-state index in [1.807, 2.05) is 22.9 Å². The highest BCUT2D eigenvalue weighted by molar-refractivity contribution is 5.65. The lowest BCUT2D eigenvalue weighted by molar-refractivity contribution is 0.301. The van der Waals surface area contributed by atoms with Gasteiger partial charge in [0.25, 0.3) is 5.56 Å². The van der Waals surface area contributed by atoms with Crippen LogP contribution in [0.2, 0.25) is 0 Å². The second kappa shape index (κ2) is 12.1. The maximum Gasteiger partial charge on any atom is 0.293 e. The van der Waals surface area contributed by atoms with Crippen LogP contribution in [0, 0.1) is 17.8 Å². The summed E-state index contributed by atoms with van der Waals surface area (Å²) in [7, 11) is 0. The van der Waals surface area contributed by atoms with E-state index in [9.17, 15) is 4.79 Å². The molecule has 0 saturated carbocycles. The fourth-order valence-electron chi connectivity index (χ4n) is 3.82. The van der Waals surface area contributed by atoms with E-state index in [0.29, 0.717) is 36.7 Å². The lowest BCUT2D eigenvalue weighted by Gasteiger charge is -2.21. The van der Waals surface area contributed by atoms with Gasteiger partial charge in [-0.25, -0.2) is 0 Å².